The van der Waals surface area contributed by atoms with Crippen LogP contribution in [0.1, 0.15) is 29.2 Å². The van der Waals surface area contributed by atoms with E-state index in [0.29, 0.717) is 6.54 Å². The van der Waals surface area contributed by atoms with Crippen molar-refractivity contribution in [2.45, 2.75) is 31.7 Å². The average Bonchev–Trinajstić information content (AvgIpc) is 2.87. The molecule has 4 nitrogen and oxygen atoms in total. The third kappa shape index (κ3) is 4.83. The number of nitrogens with two attached hydrogens (primary N) is 2. The maximum absolute atomic E-state index is 5.94. The molecular weight excluding hydrogens is 292 g/mol. The van der Waals surface area contributed by atoms with Gasteiger partial charge in [0.2, 0.25) is 0 Å². The van der Waals surface area contributed by atoms with Crippen LogP contribution >= 0.6 is 23.1 Å². The van der Waals surface area contributed by atoms with Gasteiger partial charge in [-0.15, -0.1) is 0 Å². The number of nitrogens with zero attached hydrogens (tertiary/aromatic N) is 2. The third-order valence-corrected chi connectivity index (χ3v) is 4.11. The summed E-state index contributed by atoms with van der Waals surface area (Å²) in [4.78, 5) is 4.55. The number of halogens is 1. The van der Waals surface area contributed by atoms with Crippen LogP contribution in [-0.4, -0.2) is 21.9 Å². The van der Waals surface area contributed by atoms with Crippen molar-refractivity contribution in [3.8, 4) is 0 Å². The van der Waals surface area contributed by atoms with Gasteiger partial charge in [-0.3, -0.25) is 0 Å². The molecule has 0 saturated heterocycles. The largest absolute Gasteiger partial charge is 0.330 e. The molecule has 1 atom stereocenters. The second-order valence-electron chi connectivity index (χ2n) is 4.78. The number of hydrogen-bond donors (Lipinski definition) is 2. The van der Waals surface area contributed by atoms with E-state index in [1.807, 2.05) is 24.3 Å². The lowest BCUT2D eigenvalue weighted by atomic mass is 10.1. The standard InChI is InChI=1S/C14H19ClN4S/c15-11-3-1-10(2-4-11)9-13-18-14(20-19-13)6-5-12(17)7-8-16/h1-4,12H,5-9,16-17H2. The van der Waals surface area contributed by atoms with Gasteiger partial charge in [-0.05, 0) is 48.6 Å². The van der Waals surface area contributed by atoms with E-state index in [1.54, 1.807) is 0 Å². The van der Waals surface area contributed by atoms with Gasteiger partial charge >= 0.3 is 0 Å². The summed E-state index contributed by atoms with van der Waals surface area (Å²) in [5.74, 6) is 0.861. The van der Waals surface area contributed by atoms with Crippen LogP contribution in [0.2, 0.25) is 5.02 Å². The first-order valence-electron chi connectivity index (χ1n) is 6.69. The van der Waals surface area contributed by atoms with Crippen LogP contribution in [-0.2, 0) is 12.8 Å². The number of aromatic nitrogens is 2. The van der Waals surface area contributed by atoms with Crippen LogP contribution in [0.5, 0.6) is 0 Å². The molecule has 1 unspecified atom stereocenters. The van der Waals surface area contributed by atoms with Crippen LogP contribution in [0.25, 0.3) is 0 Å². The Morgan fingerprint density at radius 3 is 2.65 bits per heavy atom. The van der Waals surface area contributed by atoms with E-state index in [9.17, 15) is 0 Å². The quantitative estimate of drug-likeness (QED) is 0.823. The molecule has 0 bridgehead atoms. The minimum Gasteiger partial charge on any atom is -0.330 e. The van der Waals surface area contributed by atoms with Crippen LogP contribution in [0.15, 0.2) is 24.3 Å². The normalized spacial score (nSPS) is 12.6. The van der Waals surface area contributed by atoms with Gasteiger partial charge in [0.05, 0.1) is 0 Å². The Labute approximate surface area is 128 Å². The minimum atomic E-state index is 0.156. The van der Waals surface area contributed by atoms with Crippen molar-refractivity contribution in [1.82, 2.24) is 9.36 Å². The van der Waals surface area contributed by atoms with E-state index in [4.69, 9.17) is 23.1 Å². The second-order valence-corrected chi connectivity index (χ2v) is 6.06. The Bertz CT molecular complexity index is 526. The molecule has 1 heterocycles. The lowest BCUT2D eigenvalue weighted by Gasteiger charge is -2.07. The summed E-state index contributed by atoms with van der Waals surface area (Å²) in [6.07, 6.45) is 3.38. The fourth-order valence-electron chi connectivity index (χ4n) is 1.92. The highest BCUT2D eigenvalue weighted by atomic mass is 35.5. The summed E-state index contributed by atoms with van der Waals surface area (Å²) < 4.78 is 4.39. The number of aryl methyl sites for hydroxylation is 1. The number of benzene rings is 1. The Morgan fingerprint density at radius 1 is 1.20 bits per heavy atom. The zero-order valence-electron chi connectivity index (χ0n) is 11.3. The van der Waals surface area contributed by atoms with Gasteiger partial charge in [0, 0.05) is 23.9 Å². The van der Waals surface area contributed by atoms with Crippen molar-refractivity contribution >= 4 is 23.1 Å². The van der Waals surface area contributed by atoms with Gasteiger partial charge in [0.25, 0.3) is 0 Å². The molecule has 0 aliphatic carbocycles. The fraction of sp³-hybridized carbons (Fsp3) is 0.429. The Balaban J connectivity index is 1.87. The predicted molar refractivity (Wildman–Crippen MR) is 84.1 cm³/mol. The smallest absolute Gasteiger partial charge is 0.146 e. The molecule has 6 heteroatoms. The summed E-state index contributed by atoms with van der Waals surface area (Å²) in [5.41, 5.74) is 12.6. The maximum atomic E-state index is 5.94. The van der Waals surface area contributed by atoms with Crippen molar-refractivity contribution < 1.29 is 0 Å². The van der Waals surface area contributed by atoms with E-state index >= 15 is 0 Å². The molecule has 20 heavy (non-hydrogen) atoms. The zero-order chi connectivity index (χ0) is 14.4. The first-order chi connectivity index (χ1) is 9.67. The van der Waals surface area contributed by atoms with E-state index in [-0.39, 0.29) is 6.04 Å². The molecule has 0 saturated carbocycles. The summed E-state index contributed by atoms with van der Waals surface area (Å²) in [7, 11) is 0. The molecule has 0 spiro atoms. The Kier molecular flexibility index (Phi) is 5.91. The van der Waals surface area contributed by atoms with Gasteiger partial charge < -0.3 is 11.5 Å². The van der Waals surface area contributed by atoms with Gasteiger partial charge in [0.15, 0.2) is 0 Å². The third-order valence-electron chi connectivity index (χ3n) is 3.05. The van der Waals surface area contributed by atoms with E-state index in [2.05, 4.69) is 9.36 Å². The molecule has 0 aliphatic heterocycles. The lowest BCUT2D eigenvalue weighted by Crippen LogP contribution is -2.24. The summed E-state index contributed by atoms with van der Waals surface area (Å²) in [5, 5.41) is 1.79. The van der Waals surface area contributed by atoms with Crippen molar-refractivity contribution in [3.63, 3.8) is 0 Å². The second kappa shape index (κ2) is 7.69. The van der Waals surface area contributed by atoms with Crippen molar-refractivity contribution in [3.05, 3.63) is 45.7 Å². The molecule has 0 fully saturated rings. The van der Waals surface area contributed by atoms with Gasteiger partial charge in [-0.2, -0.15) is 4.37 Å². The van der Waals surface area contributed by atoms with Crippen LogP contribution in [0, 0.1) is 0 Å². The van der Waals surface area contributed by atoms with E-state index in [1.165, 1.54) is 17.1 Å². The van der Waals surface area contributed by atoms with Crippen LogP contribution < -0.4 is 11.5 Å². The van der Waals surface area contributed by atoms with Crippen molar-refractivity contribution in [2.75, 3.05) is 6.54 Å². The number of hydrogen-bond acceptors (Lipinski definition) is 5. The fourth-order valence-corrected chi connectivity index (χ4v) is 2.71. The number of rotatable bonds is 7. The highest BCUT2D eigenvalue weighted by Crippen LogP contribution is 2.15. The van der Waals surface area contributed by atoms with Crippen LogP contribution in [0.4, 0.5) is 0 Å². The molecule has 2 aromatic rings. The van der Waals surface area contributed by atoms with Gasteiger partial charge in [0.1, 0.15) is 10.8 Å². The predicted octanol–water partition coefficient (Wildman–Crippen LogP) is 2.39. The molecule has 0 radical (unpaired) electrons. The molecule has 0 amide bonds. The van der Waals surface area contributed by atoms with E-state index < -0.39 is 0 Å². The summed E-state index contributed by atoms with van der Waals surface area (Å²) in [6.45, 7) is 0.638. The first kappa shape index (κ1) is 15.4. The van der Waals surface area contributed by atoms with Gasteiger partial charge in [-0.25, -0.2) is 4.98 Å². The van der Waals surface area contributed by atoms with Crippen LogP contribution in [0.3, 0.4) is 0 Å². The molecule has 1 aromatic carbocycles. The highest BCUT2D eigenvalue weighted by Gasteiger charge is 2.08. The molecule has 0 aliphatic rings. The monoisotopic (exact) mass is 310 g/mol. The zero-order valence-corrected chi connectivity index (χ0v) is 12.8. The molecule has 1 aromatic heterocycles. The average molecular weight is 311 g/mol. The van der Waals surface area contributed by atoms with Gasteiger partial charge in [-0.1, -0.05) is 23.7 Å². The van der Waals surface area contributed by atoms with Crippen molar-refractivity contribution in [2.24, 2.45) is 11.5 Å². The van der Waals surface area contributed by atoms with Crippen molar-refractivity contribution in [1.29, 1.82) is 0 Å². The first-order valence-corrected chi connectivity index (χ1v) is 7.84. The Hall–Kier alpha value is -1.01. The molecular formula is C14H19ClN4S. The lowest BCUT2D eigenvalue weighted by molar-refractivity contribution is 0.574. The minimum absolute atomic E-state index is 0.156. The van der Waals surface area contributed by atoms with E-state index in [0.717, 1.165) is 41.5 Å². The molecule has 2 rings (SSSR count). The summed E-state index contributed by atoms with van der Waals surface area (Å²) in [6, 6.07) is 7.93. The topological polar surface area (TPSA) is 77.8 Å². The maximum Gasteiger partial charge on any atom is 0.146 e. The summed E-state index contributed by atoms with van der Waals surface area (Å²) >= 11 is 7.32. The molecule has 108 valence electrons. The highest BCUT2D eigenvalue weighted by molar-refractivity contribution is 7.05. The molecule has 4 N–H and O–H groups in total. The Morgan fingerprint density at radius 2 is 1.95 bits per heavy atom. The SMILES string of the molecule is NCCC(N)CCc1nc(Cc2ccc(Cl)cc2)ns1.